The Kier molecular flexibility index (Phi) is 5.38. The van der Waals surface area contributed by atoms with Crippen LogP contribution in [0.4, 0.5) is 13.2 Å². The molecule has 0 saturated carbocycles. The third-order valence-corrected chi connectivity index (χ3v) is 4.40. The molecule has 0 fully saturated rings. The predicted octanol–water partition coefficient (Wildman–Crippen LogP) is 2.79. The minimum atomic E-state index is -4.48. The molecule has 0 bridgehead atoms. The number of halogens is 3. The molecule has 0 aliphatic carbocycles. The summed E-state index contributed by atoms with van der Waals surface area (Å²) in [5, 5.41) is 18.1. The zero-order valence-corrected chi connectivity index (χ0v) is 15.8. The summed E-state index contributed by atoms with van der Waals surface area (Å²) in [5.41, 5.74) is 0.369. The molecule has 1 aromatic heterocycles. The lowest BCUT2D eigenvalue weighted by molar-refractivity contribution is -0.137. The molecule has 1 heterocycles. The van der Waals surface area contributed by atoms with Crippen molar-refractivity contribution in [1.29, 1.82) is 0 Å². The molecule has 1 N–H and O–H groups in total. The summed E-state index contributed by atoms with van der Waals surface area (Å²) in [5.74, 6) is 0. The number of hydrogen-bond donors (Lipinski definition) is 1. The summed E-state index contributed by atoms with van der Waals surface area (Å²) in [6, 6.07) is 9.66. The van der Waals surface area contributed by atoms with E-state index in [1.807, 2.05) is 0 Å². The van der Waals surface area contributed by atoms with Crippen LogP contribution in [0.15, 0.2) is 52.3 Å². The van der Waals surface area contributed by atoms with Crippen molar-refractivity contribution >= 4 is 5.71 Å². The number of aryl methyl sites for hydroxylation is 2. The maximum Gasteiger partial charge on any atom is 0.416 e. The largest absolute Gasteiger partial charge is 0.416 e. The van der Waals surface area contributed by atoms with Crippen molar-refractivity contribution in [2.24, 2.45) is 12.0 Å². The van der Waals surface area contributed by atoms with Crippen LogP contribution in [0.25, 0.3) is 5.69 Å². The van der Waals surface area contributed by atoms with Gasteiger partial charge in [-0.25, -0.2) is 4.79 Å². The number of alkyl halides is 3. The van der Waals surface area contributed by atoms with Crippen LogP contribution in [0.3, 0.4) is 0 Å². The molecule has 0 radical (unpaired) electrons. The quantitative estimate of drug-likeness (QED) is 0.677. The number of hydrogen-bond acceptors (Lipinski definition) is 5. The predicted molar refractivity (Wildman–Crippen MR) is 100.0 cm³/mol. The summed E-state index contributed by atoms with van der Waals surface area (Å²) in [7, 11) is 1.44. The van der Waals surface area contributed by atoms with Crippen molar-refractivity contribution in [3.63, 3.8) is 0 Å². The highest BCUT2D eigenvalue weighted by Crippen LogP contribution is 2.30. The molecule has 7 nitrogen and oxygen atoms in total. The highest BCUT2D eigenvalue weighted by atomic mass is 19.4. The van der Waals surface area contributed by atoms with E-state index in [-0.39, 0.29) is 16.8 Å². The van der Waals surface area contributed by atoms with Crippen molar-refractivity contribution in [1.82, 2.24) is 19.8 Å². The van der Waals surface area contributed by atoms with E-state index in [1.165, 1.54) is 26.1 Å². The zero-order valence-electron chi connectivity index (χ0n) is 15.8. The Balaban J connectivity index is 2.04. The minimum Gasteiger partial charge on any atom is -0.368 e. The van der Waals surface area contributed by atoms with Crippen molar-refractivity contribution < 1.29 is 18.3 Å². The topological polar surface area (TPSA) is 85.3 Å². The van der Waals surface area contributed by atoms with Crippen LogP contribution in [0.5, 0.6) is 0 Å². The normalized spacial score (nSPS) is 13.6. The first kappa shape index (κ1) is 20.5. The van der Waals surface area contributed by atoms with Crippen LogP contribution in [0, 0.1) is 6.92 Å². The van der Waals surface area contributed by atoms with Crippen LogP contribution in [0.1, 0.15) is 35.4 Å². The average molecular weight is 405 g/mol. The molecule has 10 heteroatoms. The average Bonchev–Trinajstić information content (AvgIpc) is 2.99. The van der Waals surface area contributed by atoms with E-state index in [0.717, 1.165) is 21.5 Å². The van der Waals surface area contributed by atoms with Gasteiger partial charge in [-0.3, -0.25) is 4.99 Å². The van der Waals surface area contributed by atoms with Gasteiger partial charge in [0.05, 0.1) is 11.3 Å². The number of aliphatic hydroxyl groups excluding tert-OH is 1. The Bertz CT molecular complexity index is 1130. The molecule has 1 unspecified atom stereocenters. The van der Waals surface area contributed by atoms with Crippen molar-refractivity contribution in [3.05, 3.63) is 75.2 Å². The van der Waals surface area contributed by atoms with Gasteiger partial charge in [0.2, 0.25) is 0 Å². The van der Waals surface area contributed by atoms with Crippen LogP contribution < -0.4 is 5.69 Å². The number of para-hydroxylation sites is 1. The Morgan fingerprint density at radius 2 is 1.86 bits per heavy atom. The number of aromatic nitrogens is 4. The minimum absolute atomic E-state index is 0.211. The van der Waals surface area contributed by atoms with Crippen LogP contribution in [0.2, 0.25) is 0 Å². The lowest BCUT2D eigenvalue weighted by Gasteiger charge is -2.15. The SMILES string of the molecule is CC(=NC(O)c1cccc(C)c1-n1nnn(C)c1=O)c1cccc(C(F)(F)F)c1. The van der Waals surface area contributed by atoms with Crippen molar-refractivity contribution in [2.45, 2.75) is 26.3 Å². The maximum absolute atomic E-state index is 12.9. The first-order valence-corrected chi connectivity index (χ1v) is 8.58. The van der Waals surface area contributed by atoms with Gasteiger partial charge < -0.3 is 5.11 Å². The van der Waals surface area contributed by atoms with Gasteiger partial charge in [0, 0.05) is 18.3 Å². The van der Waals surface area contributed by atoms with E-state index in [9.17, 15) is 23.1 Å². The summed E-state index contributed by atoms with van der Waals surface area (Å²) in [6.45, 7) is 3.23. The monoisotopic (exact) mass is 405 g/mol. The van der Waals surface area contributed by atoms with E-state index < -0.39 is 23.7 Å². The fourth-order valence-electron chi connectivity index (χ4n) is 2.88. The van der Waals surface area contributed by atoms with E-state index >= 15 is 0 Å². The van der Waals surface area contributed by atoms with Gasteiger partial charge in [-0.2, -0.15) is 22.5 Å². The fourth-order valence-corrected chi connectivity index (χ4v) is 2.88. The Labute approximate surface area is 163 Å². The third-order valence-electron chi connectivity index (χ3n) is 4.40. The van der Waals surface area contributed by atoms with Gasteiger partial charge in [-0.15, -0.1) is 0 Å². The number of aliphatic hydroxyl groups is 1. The molecular weight excluding hydrogens is 387 g/mol. The van der Waals surface area contributed by atoms with Gasteiger partial charge in [-0.1, -0.05) is 30.3 Å². The van der Waals surface area contributed by atoms with E-state index in [4.69, 9.17) is 0 Å². The van der Waals surface area contributed by atoms with Gasteiger partial charge in [0.15, 0.2) is 6.23 Å². The Morgan fingerprint density at radius 3 is 2.48 bits per heavy atom. The summed E-state index contributed by atoms with van der Waals surface area (Å²) in [4.78, 5) is 16.4. The van der Waals surface area contributed by atoms with E-state index in [1.54, 1.807) is 25.1 Å². The van der Waals surface area contributed by atoms with Crippen LogP contribution in [-0.4, -0.2) is 30.6 Å². The second kappa shape index (κ2) is 7.63. The zero-order chi connectivity index (χ0) is 21.3. The molecule has 3 aromatic rings. The van der Waals surface area contributed by atoms with E-state index in [0.29, 0.717) is 11.3 Å². The molecule has 3 rings (SSSR count). The molecule has 0 aliphatic rings. The molecule has 0 aliphatic heterocycles. The lowest BCUT2D eigenvalue weighted by Crippen LogP contribution is -2.24. The molecule has 1 atom stereocenters. The Morgan fingerprint density at radius 1 is 1.17 bits per heavy atom. The molecule has 29 heavy (non-hydrogen) atoms. The highest BCUT2D eigenvalue weighted by molar-refractivity contribution is 5.99. The molecule has 0 saturated heterocycles. The smallest absolute Gasteiger partial charge is 0.368 e. The number of tetrazole rings is 1. The standard InChI is InChI=1S/C19H18F3N5O2/c1-11-6-4-9-15(16(11)27-18(29)26(3)24-25-27)17(28)23-12(2)13-7-5-8-14(10-13)19(20,21)22/h4-10,17,28H,1-3H3. The second-order valence-corrected chi connectivity index (χ2v) is 6.48. The Hall–Kier alpha value is -3.27. The molecule has 152 valence electrons. The van der Waals surface area contributed by atoms with Crippen molar-refractivity contribution in [3.8, 4) is 5.69 Å². The summed E-state index contributed by atoms with van der Waals surface area (Å²) < 4.78 is 40.9. The molecule has 0 amide bonds. The maximum atomic E-state index is 12.9. The molecule has 0 spiro atoms. The summed E-state index contributed by atoms with van der Waals surface area (Å²) in [6.07, 6.45) is -5.90. The van der Waals surface area contributed by atoms with Gasteiger partial charge in [0.1, 0.15) is 0 Å². The van der Waals surface area contributed by atoms with Crippen LogP contribution >= 0.6 is 0 Å². The third kappa shape index (κ3) is 4.11. The van der Waals surface area contributed by atoms with E-state index in [2.05, 4.69) is 15.4 Å². The molecular formula is C19H18F3N5O2. The number of aliphatic imine (C=N–C) groups is 1. The number of rotatable bonds is 4. The van der Waals surface area contributed by atoms with Crippen LogP contribution in [-0.2, 0) is 13.2 Å². The first-order chi connectivity index (χ1) is 13.6. The fraction of sp³-hybridized carbons (Fsp3) is 0.263. The number of nitrogens with zero attached hydrogens (tertiary/aromatic N) is 5. The van der Waals surface area contributed by atoms with Gasteiger partial charge in [0.25, 0.3) is 0 Å². The number of benzene rings is 2. The van der Waals surface area contributed by atoms with Crippen molar-refractivity contribution in [2.75, 3.05) is 0 Å². The van der Waals surface area contributed by atoms with Gasteiger partial charge in [-0.05, 0) is 47.5 Å². The lowest BCUT2D eigenvalue weighted by atomic mass is 10.1. The summed E-state index contributed by atoms with van der Waals surface area (Å²) >= 11 is 0. The highest BCUT2D eigenvalue weighted by Gasteiger charge is 2.30. The molecule has 2 aromatic carbocycles. The second-order valence-electron chi connectivity index (χ2n) is 6.48. The van der Waals surface area contributed by atoms with Gasteiger partial charge >= 0.3 is 11.9 Å². The first-order valence-electron chi connectivity index (χ1n) is 8.58.